The molecule has 1 aliphatic rings. The molecule has 0 radical (unpaired) electrons. The van der Waals surface area contributed by atoms with Gasteiger partial charge in [0, 0.05) is 0 Å². The summed E-state index contributed by atoms with van der Waals surface area (Å²) in [6, 6.07) is 12.0. The topological polar surface area (TPSA) is 47.6 Å². The molecular formula is C22H27NO3. The number of amides is 1. The number of carbonyl (C=O) groups is 1. The van der Waals surface area contributed by atoms with Crippen molar-refractivity contribution in [2.45, 2.75) is 45.4 Å². The van der Waals surface area contributed by atoms with Crippen LogP contribution in [0.4, 0.5) is 5.69 Å². The van der Waals surface area contributed by atoms with E-state index in [0.717, 1.165) is 24.2 Å². The lowest BCUT2D eigenvalue weighted by Crippen LogP contribution is -2.21. The fourth-order valence-electron chi connectivity index (χ4n) is 3.25. The summed E-state index contributed by atoms with van der Waals surface area (Å²) in [5.74, 6) is 1.19. The Hall–Kier alpha value is -2.49. The Kier molecular flexibility index (Phi) is 5.21. The van der Waals surface area contributed by atoms with Crippen molar-refractivity contribution in [1.29, 1.82) is 0 Å². The van der Waals surface area contributed by atoms with Gasteiger partial charge in [-0.15, -0.1) is 0 Å². The van der Waals surface area contributed by atoms with E-state index < -0.39 is 0 Å². The van der Waals surface area contributed by atoms with Crippen LogP contribution in [-0.2, 0) is 23.1 Å². The second kappa shape index (κ2) is 7.40. The normalized spacial score (nSPS) is 13.2. The lowest BCUT2D eigenvalue weighted by Gasteiger charge is -2.21. The summed E-state index contributed by atoms with van der Waals surface area (Å²) in [5.41, 5.74) is 4.52. The average molecular weight is 353 g/mol. The number of hydrogen-bond donors (Lipinski definition) is 1. The minimum absolute atomic E-state index is 0.00728. The number of carbonyl (C=O) groups excluding carboxylic acids is 1. The van der Waals surface area contributed by atoms with E-state index >= 15 is 0 Å². The first-order valence-corrected chi connectivity index (χ1v) is 9.10. The maximum absolute atomic E-state index is 12.4. The monoisotopic (exact) mass is 353 g/mol. The standard InChI is InChI=1S/C22H27NO3/c1-22(2,3)17-9-11-20(25-4)19(13-17)23-21(24)14-26-18-10-8-15-6-5-7-16(15)12-18/h8-13H,5-7,14H2,1-4H3,(H,23,24). The quantitative estimate of drug-likeness (QED) is 0.861. The number of fused-ring (bicyclic) bond motifs is 1. The first-order valence-electron chi connectivity index (χ1n) is 9.10. The molecular weight excluding hydrogens is 326 g/mol. The van der Waals surface area contributed by atoms with E-state index in [1.807, 2.05) is 24.3 Å². The lowest BCUT2D eigenvalue weighted by molar-refractivity contribution is -0.118. The highest BCUT2D eigenvalue weighted by Gasteiger charge is 2.17. The molecule has 0 unspecified atom stereocenters. The zero-order valence-corrected chi connectivity index (χ0v) is 16.0. The van der Waals surface area contributed by atoms with Crippen molar-refractivity contribution in [1.82, 2.24) is 0 Å². The molecule has 0 aromatic heterocycles. The molecule has 0 saturated heterocycles. The smallest absolute Gasteiger partial charge is 0.262 e. The zero-order valence-electron chi connectivity index (χ0n) is 16.0. The molecule has 0 heterocycles. The SMILES string of the molecule is COc1ccc(C(C)(C)C)cc1NC(=O)COc1ccc2c(c1)CCC2. The third kappa shape index (κ3) is 4.18. The average Bonchev–Trinajstić information content (AvgIpc) is 3.07. The number of ether oxygens (including phenoxy) is 2. The number of rotatable bonds is 5. The molecule has 0 spiro atoms. The molecule has 2 aromatic carbocycles. The molecule has 4 nitrogen and oxygen atoms in total. The Bertz CT molecular complexity index is 806. The van der Waals surface area contributed by atoms with Crippen LogP contribution in [0.3, 0.4) is 0 Å². The second-order valence-electron chi connectivity index (χ2n) is 7.79. The number of hydrogen-bond acceptors (Lipinski definition) is 3. The molecule has 1 aliphatic carbocycles. The van der Waals surface area contributed by atoms with Gasteiger partial charge in [0.25, 0.3) is 5.91 Å². The second-order valence-corrected chi connectivity index (χ2v) is 7.79. The van der Waals surface area contributed by atoms with Crippen molar-refractivity contribution in [3.05, 3.63) is 53.1 Å². The molecule has 0 saturated carbocycles. The molecule has 0 bridgehead atoms. The Labute approximate surface area is 155 Å². The summed E-state index contributed by atoms with van der Waals surface area (Å²) in [6.07, 6.45) is 3.43. The molecule has 138 valence electrons. The maximum atomic E-state index is 12.4. The van der Waals surface area contributed by atoms with Crippen molar-refractivity contribution < 1.29 is 14.3 Å². The van der Waals surface area contributed by atoms with Crippen LogP contribution in [0.2, 0.25) is 0 Å². The number of nitrogens with one attached hydrogen (secondary N) is 1. The summed E-state index contributed by atoms with van der Waals surface area (Å²) in [7, 11) is 1.60. The van der Waals surface area contributed by atoms with Crippen molar-refractivity contribution in [2.24, 2.45) is 0 Å². The van der Waals surface area contributed by atoms with Crippen molar-refractivity contribution in [3.63, 3.8) is 0 Å². The summed E-state index contributed by atoms with van der Waals surface area (Å²) in [5, 5.41) is 2.91. The van der Waals surface area contributed by atoms with Gasteiger partial charge in [-0.25, -0.2) is 0 Å². The van der Waals surface area contributed by atoms with Gasteiger partial charge in [-0.05, 0) is 65.6 Å². The van der Waals surface area contributed by atoms with E-state index in [0.29, 0.717) is 11.4 Å². The molecule has 26 heavy (non-hydrogen) atoms. The maximum Gasteiger partial charge on any atom is 0.262 e. The van der Waals surface area contributed by atoms with E-state index in [9.17, 15) is 4.79 Å². The first-order chi connectivity index (χ1) is 12.4. The molecule has 3 rings (SSSR count). The van der Waals surface area contributed by atoms with Gasteiger partial charge in [0.15, 0.2) is 6.61 Å². The van der Waals surface area contributed by atoms with Crippen LogP contribution in [0.1, 0.15) is 43.9 Å². The minimum Gasteiger partial charge on any atom is -0.495 e. The van der Waals surface area contributed by atoms with Crippen LogP contribution in [0.25, 0.3) is 0 Å². The molecule has 0 fully saturated rings. The zero-order chi connectivity index (χ0) is 18.7. The minimum atomic E-state index is -0.199. The van der Waals surface area contributed by atoms with Gasteiger partial charge in [-0.3, -0.25) is 4.79 Å². The Balaban J connectivity index is 1.66. The molecule has 0 aliphatic heterocycles. The highest BCUT2D eigenvalue weighted by atomic mass is 16.5. The Morgan fingerprint density at radius 1 is 1.08 bits per heavy atom. The third-order valence-corrected chi connectivity index (χ3v) is 4.78. The summed E-state index contributed by atoms with van der Waals surface area (Å²) in [6.45, 7) is 6.38. The van der Waals surface area contributed by atoms with E-state index in [-0.39, 0.29) is 17.9 Å². The van der Waals surface area contributed by atoms with Crippen molar-refractivity contribution in [3.8, 4) is 11.5 Å². The number of benzene rings is 2. The number of methoxy groups -OCH3 is 1. The molecule has 0 atom stereocenters. The number of aryl methyl sites for hydroxylation is 2. The summed E-state index contributed by atoms with van der Waals surface area (Å²) < 4.78 is 11.1. The van der Waals surface area contributed by atoms with Gasteiger partial charge in [-0.2, -0.15) is 0 Å². The predicted octanol–water partition coefficient (Wildman–Crippen LogP) is 4.50. The summed E-state index contributed by atoms with van der Waals surface area (Å²) >= 11 is 0. The largest absolute Gasteiger partial charge is 0.495 e. The fraction of sp³-hybridized carbons (Fsp3) is 0.409. The van der Waals surface area contributed by atoms with Crippen LogP contribution < -0.4 is 14.8 Å². The Morgan fingerprint density at radius 2 is 1.85 bits per heavy atom. The fourth-order valence-corrected chi connectivity index (χ4v) is 3.25. The predicted molar refractivity (Wildman–Crippen MR) is 104 cm³/mol. The van der Waals surface area contributed by atoms with Crippen molar-refractivity contribution >= 4 is 11.6 Å². The van der Waals surface area contributed by atoms with Crippen LogP contribution in [0.15, 0.2) is 36.4 Å². The van der Waals surface area contributed by atoms with Gasteiger partial charge in [0.2, 0.25) is 0 Å². The summed E-state index contributed by atoms with van der Waals surface area (Å²) in [4.78, 5) is 12.4. The van der Waals surface area contributed by atoms with E-state index in [4.69, 9.17) is 9.47 Å². The van der Waals surface area contributed by atoms with E-state index in [1.54, 1.807) is 7.11 Å². The van der Waals surface area contributed by atoms with Crippen LogP contribution in [-0.4, -0.2) is 19.6 Å². The van der Waals surface area contributed by atoms with Gasteiger partial charge in [0.05, 0.1) is 12.8 Å². The van der Waals surface area contributed by atoms with E-state index in [1.165, 1.54) is 17.5 Å². The van der Waals surface area contributed by atoms with Gasteiger partial charge in [0.1, 0.15) is 11.5 Å². The highest BCUT2D eigenvalue weighted by molar-refractivity contribution is 5.93. The Morgan fingerprint density at radius 3 is 2.58 bits per heavy atom. The van der Waals surface area contributed by atoms with Gasteiger partial charge < -0.3 is 14.8 Å². The molecule has 1 amide bonds. The van der Waals surface area contributed by atoms with Gasteiger partial charge in [-0.1, -0.05) is 32.9 Å². The molecule has 4 heteroatoms. The highest BCUT2D eigenvalue weighted by Crippen LogP contribution is 2.31. The van der Waals surface area contributed by atoms with Gasteiger partial charge >= 0.3 is 0 Å². The van der Waals surface area contributed by atoms with E-state index in [2.05, 4.69) is 38.2 Å². The first kappa shape index (κ1) is 18.3. The molecule has 1 N–H and O–H groups in total. The van der Waals surface area contributed by atoms with Crippen LogP contribution in [0, 0.1) is 0 Å². The molecule has 2 aromatic rings. The third-order valence-electron chi connectivity index (χ3n) is 4.78. The van der Waals surface area contributed by atoms with Crippen LogP contribution in [0.5, 0.6) is 11.5 Å². The van der Waals surface area contributed by atoms with Crippen molar-refractivity contribution in [2.75, 3.05) is 19.0 Å². The lowest BCUT2D eigenvalue weighted by atomic mass is 9.87. The van der Waals surface area contributed by atoms with Crippen LogP contribution >= 0.6 is 0 Å². The number of anilines is 1.